The third kappa shape index (κ3) is 3.67. The minimum Gasteiger partial charge on any atom is -0.310 e. The first-order chi connectivity index (χ1) is 9.47. The van der Waals surface area contributed by atoms with Crippen LogP contribution in [0.3, 0.4) is 0 Å². The maximum atomic E-state index is 13.1. The Morgan fingerprint density at radius 3 is 2.75 bits per heavy atom. The molecule has 0 atom stereocenters. The standard InChI is InChI=1S/C15H19BrFN3/c1-10(2)18-7-13-8-19-20(11(13)3)9-12-4-5-14(17)6-15(12)16/h4-6,8,10,18H,7,9H2,1-3H3. The molecule has 0 radical (unpaired) electrons. The van der Waals surface area contributed by atoms with Gasteiger partial charge in [-0.1, -0.05) is 35.8 Å². The molecule has 0 amide bonds. The van der Waals surface area contributed by atoms with Crippen LogP contribution in [0.2, 0.25) is 0 Å². The maximum Gasteiger partial charge on any atom is 0.124 e. The van der Waals surface area contributed by atoms with Crippen molar-refractivity contribution in [2.24, 2.45) is 0 Å². The number of benzene rings is 1. The van der Waals surface area contributed by atoms with E-state index in [-0.39, 0.29) is 5.82 Å². The lowest BCUT2D eigenvalue weighted by Gasteiger charge is -2.09. The summed E-state index contributed by atoms with van der Waals surface area (Å²) in [6.07, 6.45) is 1.89. The van der Waals surface area contributed by atoms with Gasteiger partial charge in [0.1, 0.15) is 5.82 Å². The van der Waals surface area contributed by atoms with Crippen LogP contribution in [0.5, 0.6) is 0 Å². The number of hydrogen-bond acceptors (Lipinski definition) is 2. The van der Waals surface area contributed by atoms with Gasteiger partial charge in [-0.15, -0.1) is 0 Å². The van der Waals surface area contributed by atoms with Crippen molar-refractivity contribution in [2.75, 3.05) is 0 Å². The van der Waals surface area contributed by atoms with Crippen molar-refractivity contribution in [1.29, 1.82) is 0 Å². The van der Waals surface area contributed by atoms with Crippen molar-refractivity contribution >= 4 is 15.9 Å². The second kappa shape index (κ2) is 6.50. The van der Waals surface area contributed by atoms with Gasteiger partial charge in [-0.25, -0.2) is 4.39 Å². The first kappa shape index (κ1) is 15.2. The number of rotatable bonds is 5. The van der Waals surface area contributed by atoms with Gasteiger partial charge in [-0.3, -0.25) is 4.68 Å². The Kier molecular flexibility index (Phi) is 4.94. The SMILES string of the molecule is Cc1c(CNC(C)C)cnn1Cc1ccc(F)cc1Br. The minimum atomic E-state index is -0.236. The molecule has 0 aliphatic carbocycles. The van der Waals surface area contributed by atoms with E-state index in [1.165, 1.54) is 17.7 Å². The quantitative estimate of drug-likeness (QED) is 0.901. The van der Waals surface area contributed by atoms with Gasteiger partial charge in [0.2, 0.25) is 0 Å². The van der Waals surface area contributed by atoms with E-state index in [0.29, 0.717) is 12.6 Å². The molecule has 1 aromatic carbocycles. The minimum absolute atomic E-state index is 0.236. The lowest BCUT2D eigenvalue weighted by Crippen LogP contribution is -2.22. The fourth-order valence-corrected chi connectivity index (χ4v) is 2.42. The second-order valence-electron chi connectivity index (χ2n) is 5.18. The van der Waals surface area contributed by atoms with Crippen LogP contribution in [-0.2, 0) is 13.1 Å². The topological polar surface area (TPSA) is 29.9 Å². The molecular weight excluding hydrogens is 321 g/mol. The molecule has 0 bridgehead atoms. The highest BCUT2D eigenvalue weighted by Crippen LogP contribution is 2.20. The lowest BCUT2D eigenvalue weighted by atomic mass is 10.2. The molecule has 0 unspecified atom stereocenters. The van der Waals surface area contributed by atoms with E-state index in [4.69, 9.17) is 0 Å². The van der Waals surface area contributed by atoms with Crippen molar-refractivity contribution in [1.82, 2.24) is 15.1 Å². The molecule has 1 N–H and O–H groups in total. The van der Waals surface area contributed by atoms with Crippen molar-refractivity contribution in [2.45, 2.75) is 39.9 Å². The summed E-state index contributed by atoms with van der Waals surface area (Å²) in [5.74, 6) is -0.236. The Balaban J connectivity index is 2.14. The van der Waals surface area contributed by atoms with Crippen LogP contribution in [0.4, 0.5) is 4.39 Å². The van der Waals surface area contributed by atoms with Gasteiger partial charge in [0.25, 0.3) is 0 Å². The van der Waals surface area contributed by atoms with E-state index >= 15 is 0 Å². The van der Waals surface area contributed by atoms with Crippen molar-refractivity contribution in [3.8, 4) is 0 Å². The fraction of sp³-hybridized carbons (Fsp3) is 0.400. The molecule has 108 valence electrons. The molecule has 2 rings (SSSR count). The van der Waals surface area contributed by atoms with E-state index in [1.54, 1.807) is 6.07 Å². The van der Waals surface area contributed by atoms with Crippen molar-refractivity contribution in [3.05, 3.63) is 51.5 Å². The molecule has 0 saturated carbocycles. The van der Waals surface area contributed by atoms with E-state index in [1.807, 2.05) is 10.9 Å². The Morgan fingerprint density at radius 1 is 1.35 bits per heavy atom. The van der Waals surface area contributed by atoms with Crippen LogP contribution in [0.15, 0.2) is 28.9 Å². The number of hydrogen-bond donors (Lipinski definition) is 1. The Bertz CT molecular complexity index is 593. The summed E-state index contributed by atoms with van der Waals surface area (Å²) in [5.41, 5.74) is 3.34. The molecule has 0 fully saturated rings. The lowest BCUT2D eigenvalue weighted by molar-refractivity contribution is 0.585. The van der Waals surface area contributed by atoms with E-state index in [0.717, 1.165) is 22.3 Å². The molecule has 0 saturated heterocycles. The first-order valence-corrected chi connectivity index (χ1v) is 7.45. The number of halogens is 2. The normalized spacial score (nSPS) is 11.3. The summed E-state index contributed by atoms with van der Waals surface area (Å²) < 4.78 is 15.8. The zero-order chi connectivity index (χ0) is 14.7. The van der Waals surface area contributed by atoms with Crippen LogP contribution in [0.1, 0.15) is 30.7 Å². The molecule has 2 aromatic rings. The highest BCUT2D eigenvalue weighted by Gasteiger charge is 2.09. The predicted molar refractivity (Wildman–Crippen MR) is 82.1 cm³/mol. The molecule has 5 heteroatoms. The Labute approximate surface area is 127 Å². The van der Waals surface area contributed by atoms with Gasteiger partial charge >= 0.3 is 0 Å². The molecule has 0 spiro atoms. The third-order valence-corrected chi connectivity index (χ3v) is 3.98. The van der Waals surface area contributed by atoms with Gasteiger partial charge in [-0.2, -0.15) is 5.10 Å². The molecule has 20 heavy (non-hydrogen) atoms. The number of nitrogens with zero attached hydrogens (tertiary/aromatic N) is 2. The van der Waals surface area contributed by atoms with Gasteiger partial charge in [0, 0.05) is 28.3 Å². The van der Waals surface area contributed by atoms with Crippen LogP contribution in [0, 0.1) is 12.7 Å². The summed E-state index contributed by atoms with van der Waals surface area (Å²) in [6.45, 7) is 7.75. The Hall–Kier alpha value is -1.20. The highest BCUT2D eigenvalue weighted by atomic mass is 79.9. The molecule has 1 heterocycles. The van der Waals surface area contributed by atoms with Gasteiger partial charge in [-0.05, 0) is 24.6 Å². The molecule has 3 nitrogen and oxygen atoms in total. The van der Waals surface area contributed by atoms with Gasteiger partial charge in [0.05, 0.1) is 12.7 Å². The van der Waals surface area contributed by atoms with Gasteiger partial charge < -0.3 is 5.32 Å². The van der Waals surface area contributed by atoms with Gasteiger partial charge in [0.15, 0.2) is 0 Å². The third-order valence-electron chi connectivity index (χ3n) is 3.24. The van der Waals surface area contributed by atoms with Crippen molar-refractivity contribution < 1.29 is 4.39 Å². The van der Waals surface area contributed by atoms with Crippen LogP contribution < -0.4 is 5.32 Å². The van der Waals surface area contributed by atoms with Crippen LogP contribution in [-0.4, -0.2) is 15.8 Å². The fourth-order valence-electron chi connectivity index (χ4n) is 1.94. The highest BCUT2D eigenvalue weighted by molar-refractivity contribution is 9.10. The monoisotopic (exact) mass is 339 g/mol. The molecule has 1 aromatic heterocycles. The van der Waals surface area contributed by atoms with E-state index in [9.17, 15) is 4.39 Å². The molecule has 0 aliphatic heterocycles. The maximum absolute atomic E-state index is 13.1. The van der Waals surface area contributed by atoms with Crippen LogP contribution >= 0.6 is 15.9 Å². The average Bonchev–Trinajstić information content (AvgIpc) is 2.72. The van der Waals surface area contributed by atoms with E-state index < -0.39 is 0 Å². The largest absolute Gasteiger partial charge is 0.310 e. The average molecular weight is 340 g/mol. The summed E-state index contributed by atoms with van der Waals surface area (Å²) in [5, 5.41) is 7.80. The van der Waals surface area contributed by atoms with Crippen LogP contribution in [0.25, 0.3) is 0 Å². The first-order valence-electron chi connectivity index (χ1n) is 6.66. The smallest absolute Gasteiger partial charge is 0.124 e. The van der Waals surface area contributed by atoms with Crippen molar-refractivity contribution in [3.63, 3.8) is 0 Å². The summed E-state index contributed by atoms with van der Waals surface area (Å²) >= 11 is 3.39. The zero-order valence-corrected chi connectivity index (χ0v) is 13.5. The van der Waals surface area contributed by atoms with E-state index in [2.05, 4.69) is 47.1 Å². The second-order valence-corrected chi connectivity index (χ2v) is 6.04. The zero-order valence-electron chi connectivity index (χ0n) is 12.0. The summed E-state index contributed by atoms with van der Waals surface area (Å²) in [4.78, 5) is 0. The number of nitrogens with one attached hydrogen (secondary N) is 1. The number of aromatic nitrogens is 2. The summed E-state index contributed by atoms with van der Waals surface area (Å²) in [7, 11) is 0. The Morgan fingerprint density at radius 2 is 2.10 bits per heavy atom. The molecule has 0 aliphatic rings. The predicted octanol–water partition coefficient (Wildman–Crippen LogP) is 3.64. The summed E-state index contributed by atoms with van der Waals surface area (Å²) in [6, 6.07) is 5.19. The molecular formula is C15H19BrFN3.